The minimum Gasteiger partial charge on any atom is -0.464 e. The first-order chi connectivity index (χ1) is 7.69. The molecule has 0 saturated heterocycles. The first-order valence-electron chi connectivity index (χ1n) is 5.33. The average molecular weight is 219 g/mol. The molecule has 16 heavy (non-hydrogen) atoms. The summed E-state index contributed by atoms with van der Waals surface area (Å²) in [5.74, 6) is -0.249. The van der Waals surface area contributed by atoms with Gasteiger partial charge in [-0.25, -0.2) is 4.79 Å². The van der Waals surface area contributed by atoms with E-state index in [4.69, 9.17) is 4.74 Å². The molecule has 86 valence electrons. The van der Waals surface area contributed by atoms with Crippen molar-refractivity contribution in [3.63, 3.8) is 0 Å². The van der Waals surface area contributed by atoms with Gasteiger partial charge in [-0.05, 0) is 25.5 Å². The molecule has 0 bridgehead atoms. The van der Waals surface area contributed by atoms with E-state index in [1.165, 1.54) is 0 Å². The number of para-hydroxylation sites is 1. The molecule has 1 aromatic rings. The van der Waals surface area contributed by atoms with E-state index in [1.54, 1.807) is 19.9 Å². The minimum atomic E-state index is -0.360. The van der Waals surface area contributed by atoms with E-state index in [0.717, 1.165) is 11.3 Å². The third-order valence-corrected chi connectivity index (χ3v) is 2.19. The molecule has 0 aromatic heterocycles. The topological polar surface area (TPSA) is 38.3 Å². The van der Waals surface area contributed by atoms with Gasteiger partial charge in [0, 0.05) is 5.69 Å². The van der Waals surface area contributed by atoms with Gasteiger partial charge < -0.3 is 10.1 Å². The highest BCUT2D eigenvalue weighted by Crippen LogP contribution is 2.17. The molecule has 1 N–H and O–H groups in total. The lowest BCUT2D eigenvalue weighted by Crippen LogP contribution is -2.28. The number of carbonyl (C=O) groups excluding carboxylic acids is 1. The zero-order valence-electron chi connectivity index (χ0n) is 9.69. The lowest BCUT2D eigenvalue weighted by Gasteiger charge is -2.15. The predicted molar refractivity (Wildman–Crippen MR) is 66.3 cm³/mol. The maximum atomic E-state index is 11.4. The molecule has 1 rings (SSSR count). The molecule has 0 unspecified atom stereocenters. The molecule has 0 aliphatic rings. The van der Waals surface area contributed by atoms with Gasteiger partial charge in [0.2, 0.25) is 0 Å². The number of carbonyl (C=O) groups is 1. The van der Waals surface area contributed by atoms with Gasteiger partial charge in [-0.3, -0.25) is 0 Å². The van der Waals surface area contributed by atoms with E-state index in [1.807, 2.05) is 24.3 Å². The summed E-state index contributed by atoms with van der Waals surface area (Å²) in [5.41, 5.74) is 1.86. The van der Waals surface area contributed by atoms with Crippen molar-refractivity contribution in [1.29, 1.82) is 0 Å². The number of esters is 1. The molecule has 0 radical (unpaired) electrons. The molecule has 0 spiro atoms. The van der Waals surface area contributed by atoms with E-state index in [-0.39, 0.29) is 12.0 Å². The van der Waals surface area contributed by atoms with Crippen LogP contribution in [0, 0.1) is 0 Å². The van der Waals surface area contributed by atoms with E-state index in [9.17, 15) is 4.79 Å². The molecule has 1 aromatic carbocycles. The standard InChI is InChI=1S/C13H17NO2/c1-4-11-8-6-7-9-12(11)14-10(3)13(15)16-5-2/h4,6-10,14H,1,5H2,2-3H3/t10-/m0/s1. The summed E-state index contributed by atoms with van der Waals surface area (Å²) in [7, 11) is 0. The zero-order valence-corrected chi connectivity index (χ0v) is 9.69. The van der Waals surface area contributed by atoms with E-state index in [2.05, 4.69) is 11.9 Å². The second-order valence-corrected chi connectivity index (χ2v) is 3.41. The number of ether oxygens (including phenoxy) is 1. The van der Waals surface area contributed by atoms with E-state index >= 15 is 0 Å². The maximum Gasteiger partial charge on any atom is 0.328 e. The number of rotatable bonds is 5. The molecular formula is C13H17NO2. The van der Waals surface area contributed by atoms with Crippen LogP contribution in [0.15, 0.2) is 30.8 Å². The van der Waals surface area contributed by atoms with Crippen LogP contribution in [0.25, 0.3) is 6.08 Å². The molecular weight excluding hydrogens is 202 g/mol. The summed E-state index contributed by atoms with van der Waals surface area (Å²) in [6, 6.07) is 7.32. The summed E-state index contributed by atoms with van der Waals surface area (Å²) in [6.07, 6.45) is 1.75. The van der Waals surface area contributed by atoms with Gasteiger partial charge in [-0.2, -0.15) is 0 Å². The quantitative estimate of drug-likeness (QED) is 0.774. The van der Waals surface area contributed by atoms with Crippen LogP contribution in [-0.4, -0.2) is 18.6 Å². The summed E-state index contributed by atoms with van der Waals surface area (Å²) in [6.45, 7) is 7.69. The van der Waals surface area contributed by atoms with Crippen LogP contribution in [0.5, 0.6) is 0 Å². The van der Waals surface area contributed by atoms with Crippen molar-refractivity contribution >= 4 is 17.7 Å². The average Bonchev–Trinajstić information content (AvgIpc) is 2.30. The Morgan fingerprint density at radius 3 is 2.88 bits per heavy atom. The van der Waals surface area contributed by atoms with Crippen LogP contribution in [0.3, 0.4) is 0 Å². The Kier molecular flexibility index (Phi) is 4.58. The Bertz CT molecular complexity index is 374. The van der Waals surface area contributed by atoms with Crippen molar-refractivity contribution in [2.45, 2.75) is 19.9 Å². The molecule has 0 heterocycles. The van der Waals surface area contributed by atoms with E-state index < -0.39 is 0 Å². The van der Waals surface area contributed by atoms with Gasteiger partial charge in [0.15, 0.2) is 0 Å². The lowest BCUT2D eigenvalue weighted by molar-refractivity contribution is -0.143. The van der Waals surface area contributed by atoms with Crippen LogP contribution in [0.4, 0.5) is 5.69 Å². The maximum absolute atomic E-state index is 11.4. The van der Waals surface area contributed by atoms with Crippen molar-refractivity contribution in [2.75, 3.05) is 11.9 Å². The highest BCUT2D eigenvalue weighted by atomic mass is 16.5. The Hall–Kier alpha value is -1.77. The van der Waals surface area contributed by atoms with E-state index in [0.29, 0.717) is 6.61 Å². The number of benzene rings is 1. The number of nitrogens with one attached hydrogen (secondary N) is 1. The van der Waals surface area contributed by atoms with Crippen molar-refractivity contribution in [3.8, 4) is 0 Å². The molecule has 0 aliphatic carbocycles. The summed E-state index contributed by atoms with van der Waals surface area (Å²) in [5, 5.41) is 3.10. The number of hydrogen-bond donors (Lipinski definition) is 1. The van der Waals surface area contributed by atoms with Crippen LogP contribution in [-0.2, 0) is 9.53 Å². The fourth-order valence-electron chi connectivity index (χ4n) is 1.37. The second-order valence-electron chi connectivity index (χ2n) is 3.41. The first kappa shape index (κ1) is 12.3. The minimum absolute atomic E-state index is 0.249. The smallest absolute Gasteiger partial charge is 0.328 e. The van der Waals surface area contributed by atoms with Gasteiger partial charge >= 0.3 is 5.97 Å². The molecule has 0 aliphatic heterocycles. The SMILES string of the molecule is C=Cc1ccccc1N[C@@H](C)C(=O)OCC. The van der Waals surface area contributed by atoms with Gasteiger partial charge in [0.05, 0.1) is 6.61 Å². The van der Waals surface area contributed by atoms with Crippen molar-refractivity contribution < 1.29 is 9.53 Å². The fraction of sp³-hybridized carbons (Fsp3) is 0.308. The van der Waals surface area contributed by atoms with Gasteiger partial charge in [0.25, 0.3) is 0 Å². The summed E-state index contributed by atoms with van der Waals surface area (Å²) >= 11 is 0. The molecule has 3 nitrogen and oxygen atoms in total. The van der Waals surface area contributed by atoms with Crippen LogP contribution >= 0.6 is 0 Å². The zero-order chi connectivity index (χ0) is 12.0. The Balaban J connectivity index is 2.72. The van der Waals surface area contributed by atoms with Gasteiger partial charge in [0.1, 0.15) is 6.04 Å². The van der Waals surface area contributed by atoms with Gasteiger partial charge in [-0.1, -0.05) is 30.9 Å². The molecule has 1 atom stereocenters. The number of anilines is 1. The van der Waals surface area contributed by atoms with Gasteiger partial charge in [-0.15, -0.1) is 0 Å². The van der Waals surface area contributed by atoms with Crippen molar-refractivity contribution in [1.82, 2.24) is 0 Å². The van der Waals surface area contributed by atoms with Crippen LogP contribution in [0.1, 0.15) is 19.4 Å². The normalized spacial score (nSPS) is 11.6. The van der Waals surface area contributed by atoms with Crippen molar-refractivity contribution in [3.05, 3.63) is 36.4 Å². The number of hydrogen-bond acceptors (Lipinski definition) is 3. The summed E-state index contributed by atoms with van der Waals surface area (Å²) < 4.78 is 4.92. The third kappa shape index (κ3) is 3.12. The highest BCUT2D eigenvalue weighted by Gasteiger charge is 2.13. The Morgan fingerprint density at radius 1 is 1.56 bits per heavy atom. The summed E-state index contributed by atoms with van der Waals surface area (Å²) in [4.78, 5) is 11.4. The largest absolute Gasteiger partial charge is 0.464 e. The predicted octanol–water partition coefficient (Wildman–Crippen LogP) is 2.69. The van der Waals surface area contributed by atoms with Crippen LogP contribution < -0.4 is 5.32 Å². The fourth-order valence-corrected chi connectivity index (χ4v) is 1.37. The highest BCUT2D eigenvalue weighted by molar-refractivity contribution is 5.80. The molecule has 0 amide bonds. The van der Waals surface area contributed by atoms with Crippen LogP contribution in [0.2, 0.25) is 0 Å². The first-order valence-corrected chi connectivity index (χ1v) is 5.33. The van der Waals surface area contributed by atoms with Crippen molar-refractivity contribution in [2.24, 2.45) is 0 Å². The monoisotopic (exact) mass is 219 g/mol. The molecule has 0 saturated carbocycles. The Morgan fingerprint density at radius 2 is 2.25 bits per heavy atom. The third-order valence-electron chi connectivity index (χ3n) is 2.19. The Labute approximate surface area is 96.1 Å². The molecule has 0 fully saturated rings. The molecule has 3 heteroatoms. The second kappa shape index (κ2) is 5.95. The lowest BCUT2D eigenvalue weighted by atomic mass is 10.1.